The fourth-order valence-corrected chi connectivity index (χ4v) is 4.32. The Morgan fingerprint density at radius 3 is 2.86 bits per heavy atom. The van der Waals surface area contributed by atoms with Crippen LogP contribution in [0.25, 0.3) is 0 Å². The molecule has 1 saturated heterocycles. The van der Waals surface area contributed by atoms with Gasteiger partial charge in [-0.1, -0.05) is 6.42 Å². The maximum Gasteiger partial charge on any atom is 0.262 e. The Kier molecular flexibility index (Phi) is 4.00. The largest absolute Gasteiger partial charge is 0.336 e. The van der Waals surface area contributed by atoms with E-state index in [2.05, 4.69) is 20.2 Å². The summed E-state index contributed by atoms with van der Waals surface area (Å²) >= 11 is 0. The first-order valence-corrected chi connectivity index (χ1v) is 8.89. The summed E-state index contributed by atoms with van der Waals surface area (Å²) in [5.41, 5.74) is 0. The number of nitrogens with one attached hydrogen (secondary N) is 1. The van der Waals surface area contributed by atoms with Crippen molar-refractivity contribution in [1.29, 1.82) is 0 Å². The Hall–Kier alpha value is -1.74. The average molecular weight is 324 g/mol. The van der Waals surface area contributed by atoms with Gasteiger partial charge >= 0.3 is 0 Å². The van der Waals surface area contributed by atoms with Crippen molar-refractivity contribution in [3.05, 3.63) is 24.2 Å². The van der Waals surface area contributed by atoms with E-state index in [9.17, 15) is 8.42 Å². The molecule has 22 heavy (non-hydrogen) atoms. The number of sulfonamides is 1. The number of piperidine rings is 1. The minimum absolute atomic E-state index is 0.0912. The predicted molar refractivity (Wildman–Crippen MR) is 79.5 cm³/mol. The Labute approximate surface area is 129 Å². The van der Waals surface area contributed by atoms with Crippen molar-refractivity contribution >= 4 is 10.0 Å². The molecular formula is C13H20N6O2S. The summed E-state index contributed by atoms with van der Waals surface area (Å²) in [6.45, 7) is 4.91. The molecule has 8 nitrogen and oxygen atoms in total. The third kappa shape index (κ3) is 2.66. The van der Waals surface area contributed by atoms with Gasteiger partial charge in [0.05, 0.1) is 12.4 Å². The average Bonchev–Trinajstić information content (AvgIpc) is 3.16. The van der Waals surface area contributed by atoms with E-state index in [1.165, 1.54) is 4.31 Å². The zero-order chi connectivity index (χ0) is 15.7. The number of aromatic nitrogens is 5. The molecule has 1 unspecified atom stereocenters. The lowest BCUT2D eigenvalue weighted by Crippen LogP contribution is -2.39. The van der Waals surface area contributed by atoms with Crippen LogP contribution in [0.2, 0.25) is 0 Å². The Balaban J connectivity index is 1.95. The van der Waals surface area contributed by atoms with E-state index in [1.54, 1.807) is 24.0 Å². The van der Waals surface area contributed by atoms with Crippen LogP contribution in [0.5, 0.6) is 0 Å². The van der Waals surface area contributed by atoms with Gasteiger partial charge in [-0.2, -0.15) is 9.40 Å². The minimum Gasteiger partial charge on any atom is -0.336 e. The van der Waals surface area contributed by atoms with Gasteiger partial charge in [-0.05, 0) is 26.7 Å². The fourth-order valence-electron chi connectivity index (χ4n) is 2.73. The van der Waals surface area contributed by atoms with Crippen molar-refractivity contribution in [3.63, 3.8) is 0 Å². The molecule has 0 aromatic carbocycles. The molecule has 0 amide bonds. The monoisotopic (exact) mass is 324 g/mol. The number of hydrogen-bond donors (Lipinski definition) is 1. The molecule has 2 aromatic rings. The molecule has 3 rings (SSSR count). The van der Waals surface area contributed by atoms with Crippen molar-refractivity contribution in [2.24, 2.45) is 0 Å². The smallest absolute Gasteiger partial charge is 0.262 e. The Bertz CT molecular complexity index is 750. The minimum atomic E-state index is -3.63. The molecule has 1 atom stereocenters. The lowest BCUT2D eigenvalue weighted by atomic mass is 10.0. The number of nitrogens with zero attached hydrogens (tertiary/aromatic N) is 5. The maximum atomic E-state index is 12.9. The highest BCUT2D eigenvalue weighted by Gasteiger charge is 2.37. The molecule has 1 aliphatic heterocycles. The van der Waals surface area contributed by atoms with Crippen LogP contribution in [0, 0.1) is 6.92 Å². The summed E-state index contributed by atoms with van der Waals surface area (Å²) in [6, 6.07) is -0.324. The molecule has 3 heterocycles. The zero-order valence-electron chi connectivity index (χ0n) is 12.7. The van der Waals surface area contributed by atoms with Crippen LogP contribution in [-0.4, -0.2) is 44.0 Å². The van der Waals surface area contributed by atoms with E-state index in [0.29, 0.717) is 24.7 Å². The summed E-state index contributed by atoms with van der Waals surface area (Å²) in [7, 11) is -3.63. The third-order valence-corrected chi connectivity index (χ3v) is 5.71. The van der Waals surface area contributed by atoms with Gasteiger partial charge in [-0.3, -0.25) is 5.10 Å². The quantitative estimate of drug-likeness (QED) is 0.913. The highest BCUT2D eigenvalue weighted by Crippen LogP contribution is 2.33. The van der Waals surface area contributed by atoms with Gasteiger partial charge in [-0.25, -0.2) is 18.4 Å². The molecule has 120 valence electrons. The number of aromatic amines is 1. The number of rotatable bonds is 4. The van der Waals surface area contributed by atoms with Crippen molar-refractivity contribution < 1.29 is 8.42 Å². The predicted octanol–water partition coefficient (Wildman–Crippen LogP) is 1.25. The standard InChI is InChI=1S/C13H20N6O2S/c1-3-18-8-12(14-9-18)22(20,21)19-7-5-4-6-11(19)13-15-10(2)16-17-13/h8-9,11H,3-7H2,1-2H3,(H,15,16,17). The van der Waals surface area contributed by atoms with Crippen LogP contribution >= 0.6 is 0 Å². The van der Waals surface area contributed by atoms with E-state index >= 15 is 0 Å². The highest BCUT2D eigenvalue weighted by atomic mass is 32.2. The third-order valence-electron chi connectivity index (χ3n) is 3.91. The molecule has 9 heteroatoms. The number of imidazole rings is 1. The summed E-state index contributed by atoms with van der Waals surface area (Å²) < 4.78 is 29.0. The molecule has 0 saturated carbocycles. The molecule has 2 aromatic heterocycles. The van der Waals surface area contributed by atoms with Crippen molar-refractivity contribution in [2.45, 2.75) is 50.7 Å². The topological polar surface area (TPSA) is 96.8 Å². The van der Waals surface area contributed by atoms with Crippen molar-refractivity contribution in [3.8, 4) is 0 Å². The molecule has 0 spiro atoms. The highest BCUT2D eigenvalue weighted by molar-refractivity contribution is 7.89. The van der Waals surface area contributed by atoms with Crippen LogP contribution in [0.3, 0.4) is 0 Å². The second kappa shape index (κ2) is 5.81. The Morgan fingerprint density at radius 1 is 1.41 bits per heavy atom. The van der Waals surface area contributed by atoms with Gasteiger partial charge in [0.1, 0.15) is 5.82 Å². The van der Waals surface area contributed by atoms with Gasteiger partial charge in [0.25, 0.3) is 10.0 Å². The molecule has 1 fully saturated rings. The molecule has 0 radical (unpaired) electrons. The zero-order valence-corrected chi connectivity index (χ0v) is 13.5. The summed E-state index contributed by atoms with van der Waals surface area (Å²) in [6.07, 6.45) is 5.65. The van der Waals surface area contributed by atoms with E-state index in [0.717, 1.165) is 19.3 Å². The summed E-state index contributed by atoms with van der Waals surface area (Å²) in [5, 5.41) is 7.03. The number of H-pyrrole nitrogens is 1. The van der Waals surface area contributed by atoms with Gasteiger partial charge in [0.2, 0.25) is 0 Å². The summed E-state index contributed by atoms with van der Waals surface area (Å²) in [5.74, 6) is 1.23. The molecule has 0 aliphatic carbocycles. The lowest BCUT2D eigenvalue weighted by Gasteiger charge is -2.32. The van der Waals surface area contributed by atoms with Crippen LogP contribution in [0.1, 0.15) is 43.9 Å². The van der Waals surface area contributed by atoms with E-state index in [-0.39, 0.29) is 11.1 Å². The van der Waals surface area contributed by atoms with Crippen LogP contribution in [0.4, 0.5) is 0 Å². The van der Waals surface area contributed by atoms with Crippen molar-refractivity contribution in [2.75, 3.05) is 6.54 Å². The number of aryl methyl sites for hydroxylation is 2. The normalized spacial score (nSPS) is 20.4. The fraction of sp³-hybridized carbons (Fsp3) is 0.615. The lowest BCUT2D eigenvalue weighted by molar-refractivity contribution is 0.246. The SMILES string of the molecule is CCn1cnc(S(=O)(=O)N2CCCCC2c2n[nH]c(C)n2)c1. The first kappa shape index (κ1) is 15.2. The van der Waals surface area contributed by atoms with E-state index in [1.807, 2.05) is 6.92 Å². The summed E-state index contributed by atoms with van der Waals surface area (Å²) in [4.78, 5) is 8.37. The second-order valence-corrected chi connectivity index (χ2v) is 7.29. The van der Waals surface area contributed by atoms with E-state index in [4.69, 9.17) is 0 Å². The van der Waals surface area contributed by atoms with Crippen molar-refractivity contribution in [1.82, 2.24) is 29.0 Å². The molecule has 1 N–H and O–H groups in total. The van der Waals surface area contributed by atoms with E-state index < -0.39 is 10.0 Å². The second-order valence-electron chi connectivity index (χ2n) is 5.45. The van der Waals surface area contributed by atoms with Crippen LogP contribution in [0.15, 0.2) is 17.6 Å². The molecule has 0 bridgehead atoms. The first-order chi connectivity index (χ1) is 10.5. The van der Waals surface area contributed by atoms with Gasteiger partial charge in [0.15, 0.2) is 10.9 Å². The molecule has 1 aliphatic rings. The van der Waals surface area contributed by atoms with Gasteiger partial charge < -0.3 is 4.57 Å². The van der Waals surface area contributed by atoms with Crippen LogP contribution in [-0.2, 0) is 16.6 Å². The van der Waals surface area contributed by atoms with Gasteiger partial charge in [0, 0.05) is 19.3 Å². The molecular weight excluding hydrogens is 304 g/mol. The van der Waals surface area contributed by atoms with Crippen LogP contribution < -0.4 is 0 Å². The van der Waals surface area contributed by atoms with Gasteiger partial charge in [-0.15, -0.1) is 0 Å². The number of hydrogen-bond acceptors (Lipinski definition) is 5. The maximum absolute atomic E-state index is 12.9. The first-order valence-electron chi connectivity index (χ1n) is 7.45. The Morgan fingerprint density at radius 2 is 2.23 bits per heavy atom.